The third-order valence-corrected chi connectivity index (χ3v) is 4.36. The van der Waals surface area contributed by atoms with Crippen LogP contribution in [0.25, 0.3) is 0 Å². The standard InChI is InChI=1S/C19H27ClN10O2/c1-10(27-18(23)24)32-12-7-5-11(6-8-12)4-2-3-9-26-19(25)30-17(31)13-15(21)29-16(22)14(20)28-13/h5-8,10H,2-4,9H2,1H3,(H4,21,22,29)(H4,23,24,27)(H3,25,26,30,31). The van der Waals surface area contributed by atoms with Gasteiger partial charge in [0.15, 0.2) is 40.6 Å². The van der Waals surface area contributed by atoms with Crippen LogP contribution in [0.1, 0.15) is 35.8 Å². The second kappa shape index (κ2) is 11.6. The van der Waals surface area contributed by atoms with E-state index < -0.39 is 12.1 Å². The molecule has 0 radical (unpaired) electrons. The number of amides is 1. The number of nitrogens with one attached hydrogen (secondary N) is 1. The molecule has 2 rings (SSSR count). The number of rotatable bonds is 9. The summed E-state index contributed by atoms with van der Waals surface area (Å²) in [6.07, 6.45) is 2.03. The van der Waals surface area contributed by atoms with Crippen molar-refractivity contribution >= 4 is 41.1 Å². The van der Waals surface area contributed by atoms with Gasteiger partial charge in [-0.25, -0.2) is 15.0 Å². The fourth-order valence-corrected chi connectivity index (χ4v) is 2.76. The number of aromatic nitrogens is 2. The summed E-state index contributed by atoms with van der Waals surface area (Å²) in [5.74, 6) is -0.295. The number of aryl methyl sites for hydroxylation is 1. The molecule has 11 N–H and O–H groups in total. The Bertz CT molecular complexity index is 990. The van der Waals surface area contributed by atoms with Gasteiger partial charge >= 0.3 is 0 Å². The molecule has 1 heterocycles. The minimum atomic E-state index is -0.672. The first-order chi connectivity index (χ1) is 15.2. The minimum Gasteiger partial charge on any atom is -0.469 e. The highest BCUT2D eigenvalue weighted by Crippen LogP contribution is 2.17. The largest absolute Gasteiger partial charge is 0.469 e. The number of guanidine groups is 2. The summed E-state index contributed by atoms with van der Waals surface area (Å²) < 4.78 is 5.59. The normalized spacial score (nSPS) is 12.1. The van der Waals surface area contributed by atoms with Crippen LogP contribution >= 0.6 is 11.6 Å². The first kappa shape index (κ1) is 24.5. The Labute approximate surface area is 190 Å². The number of anilines is 2. The summed E-state index contributed by atoms with van der Waals surface area (Å²) in [5.41, 5.74) is 28.5. The van der Waals surface area contributed by atoms with E-state index in [-0.39, 0.29) is 34.4 Å². The van der Waals surface area contributed by atoms with Gasteiger partial charge in [-0.15, -0.1) is 0 Å². The molecule has 0 fully saturated rings. The van der Waals surface area contributed by atoms with Crippen LogP contribution in [0.5, 0.6) is 5.75 Å². The van der Waals surface area contributed by atoms with E-state index in [0.717, 1.165) is 24.8 Å². The molecule has 1 unspecified atom stereocenters. The van der Waals surface area contributed by atoms with E-state index in [4.69, 9.17) is 45.0 Å². The molecule has 0 aliphatic carbocycles. The molecule has 1 amide bonds. The van der Waals surface area contributed by atoms with E-state index in [0.29, 0.717) is 12.3 Å². The highest BCUT2D eigenvalue weighted by Gasteiger charge is 2.16. The number of unbranched alkanes of at least 4 members (excludes halogenated alkanes) is 1. The highest BCUT2D eigenvalue weighted by molar-refractivity contribution is 6.31. The maximum Gasteiger partial charge on any atom is 0.280 e. The van der Waals surface area contributed by atoms with Gasteiger partial charge in [-0.05, 0) is 43.9 Å². The summed E-state index contributed by atoms with van der Waals surface area (Å²) in [6, 6.07) is 7.66. The number of hydrogen-bond donors (Lipinski definition) is 6. The first-order valence-electron chi connectivity index (χ1n) is 9.69. The topological polar surface area (TPSA) is 219 Å². The molecule has 0 bridgehead atoms. The van der Waals surface area contributed by atoms with Gasteiger partial charge in [-0.1, -0.05) is 23.7 Å². The zero-order chi connectivity index (χ0) is 23.7. The molecule has 12 nitrogen and oxygen atoms in total. The highest BCUT2D eigenvalue weighted by atomic mass is 35.5. The van der Waals surface area contributed by atoms with Gasteiger partial charge in [0, 0.05) is 6.54 Å². The summed E-state index contributed by atoms with van der Waals surface area (Å²) in [5, 5.41) is 2.27. The predicted molar refractivity (Wildman–Crippen MR) is 125 cm³/mol. The van der Waals surface area contributed by atoms with Gasteiger partial charge < -0.3 is 33.4 Å². The zero-order valence-corrected chi connectivity index (χ0v) is 18.3. The predicted octanol–water partition coefficient (Wildman–Crippen LogP) is 0.360. The molecule has 13 heteroatoms. The second-order valence-electron chi connectivity index (χ2n) is 6.73. The van der Waals surface area contributed by atoms with Gasteiger partial charge in [0.2, 0.25) is 0 Å². The second-order valence-corrected chi connectivity index (χ2v) is 7.08. The molecule has 0 aliphatic rings. The van der Waals surface area contributed by atoms with Crippen LogP contribution in [0, 0.1) is 0 Å². The number of nitrogens with zero attached hydrogens (tertiary/aromatic N) is 4. The molecule has 1 aromatic heterocycles. The Morgan fingerprint density at radius 3 is 2.47 bits per heavy atom. The number of nitrogen functional groups attached to an aromatic ring is 2. The van der Waals surface area contributed by atoms with E-state index in [2.05, 4.69) is 25.3 Å². The number of carbonyl (C=O) groups is 1. The monoisotopic (exact) mass is 462 g/mol. The Morgan fingerprint density at radius 1 is 1.12 bits per heavy atom. The van der Waals surface area contributed by atoms with E-state index in [1.807, 2.05) is 24.3 Å². The minimum absolute atomic E-state index is 0.0237. The van der Waals surface area contributed by atoms with Gasteiger partial charge in [0.1, 0.15) is 5.75 Å². The number of benzene rings is 1. The van der Waals surface area contributed by atoms with Crippen molar-refractivity contribution in [2.75, 3.05) is 18.0 Å². The molecule has 1 aromatic carbocycles. The molecule has 32 heavy (non-hydrogen) atoms. The molecule has 0 saturated carbocycles. The molecule has 0 aliphatic heterocycles. The van der Waals surface area contributed by atoms with Crippen molar-refractivity contribution in [3.05, 3.63) is 40.7 Å². The lowest BCUT2D eigenvalue weighted by molar-refractivity contribution is 0.0972. The Kier molecular flexibility index (Phi) is 8.83. The van der Waals surface area contributed by atoms with Crippen molar-refractivity contribution in [2.45, 2.75) is 32.4 Å². The molecule has 2 aromatic rings. The van der Waals surface area contributed by atoms with Crippen LogP contribution in [0.3, 0.4) is 0 Å². The summed E-state index contributed by atoms with van der Waals surface area (Å²) in [6.45, 7) is 2.18. The smallest absolute Gasteiger partial charge is 0.280 e. The lowest BCUT2D eigenvalue weighted by atomic mass is 10.1. The zero-order valence-electron chi connectivity index (χ0n) is 17.6. The maximum atomic E-state index is 12.2. The number of ether oxygens (including phenoxy) is 1. The third kappa shape index (κ3) is 7.80. The number of carbonyl (C=O) groups excluding carboxylic acids is 1. The van der Waals surface area contributed by atoms with Gasteiger partial charge in [0.25, 0.3) is 5.91 Å². The van der Waals surface area contributed by atoms with E-state index in [1.165, 1.54) is 0 Å². The Morgan fingerprint density at radius 2 is 1.81 bits per heavy atom. The number of nitrogens with two attached hydrogens (primary N) is 5. The van der Waals surface area contributed by atoms with Crippen LogP contribution in [0.2, 0.25) is 5.15 Å². The van der Waals surface area contributed by atoms with Crippen LogP contribution in [-0.4, -0.2) is 40.6 Å². The van der Waals surface area contributed by atoms with E-state index in [9.17, 15) is 4.79 Å². The molecular weight excluding hydrogens is 436 g/mol. The van der Waals surface area contributed by atoms with Crippen molar-refractivity contribution in [3.63, 3.8) is 0 Å². The number of aliphatic imine (C=N–C) groups is 2. The van der Waals surface area contributed by atoms with E-state index in [1.54, 1.807) is 6.92 Å². The molecule has 172 valence electrons. The number of halogens is 1. The van der Waals surface area contributed by atoms with Gasteiger partial charge in [-0.2, -0.15) is 0 Å². The van der Waals surface area contributed by atoms with Crippen LogP contribution in [-0.2, 0) is 6.42 Å². The van der Waals surface area contributed by atoms with Crippen molar-refractivity contribution in [2.24, 2.45) is 27.2 Å². The van der Waals surface area contributed by atoms with Crippen molar-refractivity contribution in [1.82, 2.24) is 15.3 Å². The maximum absolute atomic E-state index is 12.2. The molecular formula is C19H27ClN10O2. The molecule has 0 saturated heterocycles. The summed E-state index contributed by atoms with van der Waals surface area (Å²) in [4.78, 5) is 27.8. The van der Waals surface area contributed by atoms with E-state index >= 15 is 0 Å². The van der Waals surface area contributed by atoms with Gasteiger partial charge in [0.05, 0.1) is 0 Å². The van der Waals surface area contributed by atoms with Crippen molar-refractivity contribution in [3.8, 4) is 5.75 Å². The Balaban J connectivity index is 1.75. The third-order valence-electron chi connectivity index (χ3n) is 4.08. The van der Waals surface area contributed by atoms with Gasteiger partial charge in [-0.3, -0.25) is 15.1 Å². The fourth-order valence-electron chi connectivity index (χ4n) is 2.63. The fraction of sp³-hybridized carbons (Fsp3) is 0.316. The average molecular weight is 463 g/mol. The average Bonchev–Trinajstić information content (AvgIpc) is 2.71. The molecule has 1 atom stereocenters. The van der Waals surface area contributed by atoms with Crippen molar-refractivity contribution in [1.29, 1.82) is 0 Å². The Hall–Kier alpha value is -3.80. The quantitative estimate of drug-likeness (QED) is 0.172. The summed E-state index contributed by atoms with van der Waals surface area (Å²) in [7, 11) is 0. The van der Waals surface area contributed by atoms with Crippen LogP contribution in [0.4, 0.5) is 11.6 Å². The first-order valence-corrected chi connectivity index (χ1v) is 10.1. The summed E-state index contributed by atoms with van der Waals surface area (Å²) >= 11 is 5.77. The number of hydrogen-bond acceptors (Lipinski definition) is 8. The SMILES string of the molecule is CC(N=C(N)N)Oc1ccc(CCCCN=C(N)NC(=O)c2nc(Cl)c(N)nc2N)cc1. The lowest BCUT2D eigenvalue weighted by Crippen LogP contribution is -2.38. The van der Waals surface area contributed by atoms with Crippen LogP contribution in [0.15, 0.2) is 34.3 Å². The molecule has 0 spiro atoms. The van der Waals surface area contributed by atoms with Crippen molar-refractivity contribution < 1.29 is 9.53 Å². The van der Waals surface area contributed by atoms with Crippen LogP contribution < -0.4 is 38.7 Å². The lowest BCUT2D eigenvalue weighted by Gasteiger charge is -2.11.